The van der Waals surface area contributed by atoms with E-state index in [0.29, 0.717) is 0 Å². The molecule has 1 rings (SSSR count). The van der Waals surface area contributed by atoms with Gasteiger partial charge in [0.15, 0.2) is 0 Å². The number of rotatable bonds is 6. The van der Waals surface area contributed by atoms with Gasteiger partial charge in [-0.15, -0.1) is 0 Å². The van der Waals surface area contributed by atoms with Gasteiger partial charge >= 0.3 is 0 Å². The fraction of sp³-hybridized carbons (Fsp3) is 1.00. The predicted octanol–water partition coefficient (Wildman–Crippen LogP) is 2.25. The molecule has 0 bridgehead atoms. The summed E-state index contributed by atoms with van der Waals surface area (Å²) in [7, 11) is 0. The minimum absolute atomic E-state index is 0.766. The van der Waals surface area contributed by atoms with Gasteiger partial charge in [0, 0.05) is 12.6 Å². The van der Waals surface area contributed by atoms with Gasteiger partial charge in [-0.05, 0) is 45.3 Å². The van der Waals surface area contributed by atoms with E-state index in [-0.39, 0.29) is 0 Å². The minimum Gasteiger partial charge on any atom is -0.313 e. The fourth-order valence-electron chi connectivity index (χ4n) is 2.32. The number of nitrogens with zero attached hydrogens (tertiary/aromatic N) is 1. The molecule has 1 N–H and O–H groups in total. The van der Waals surface area contributed by atoms with Crippen LogP contribution in [0.15, 0.2) is 0 Å². The van der Waals surface area contributed by atoms with E-state index < -0.39 is 0 Å². The monoisotopic (exact) mass is 198 g/mol. The highest BCUT2D eigenvalue weighted by Crippen LogP contribution is 2.09. The lowest BCUT2D eigenvalue weighted by Crippen LogP contribution is -2.44. The molecule has 0 unspecified atom stereocenters. The van der Waals surface area contributed by atoms with Gasteiger partial charge < -0.3 is 10.2 Å². The third kappa shape index (κ3) is 4.43. The maximum Gasteiger partial charge on any atom is 0.0195 e. The largest absolute Gasteiger partial charge is 0.313 e. The SMILES string of the molecule is CCCN(CCC)C[C@H]1CCCCN1. The molecule has 1 aliphatic heterocycles. The third-order valence-corrected chi connectivity index (χ3v) is 2.97. The van der Waals surface area contributed by atoms with Crippen LogP contribution in [0.5, 0.6) is 0 Å². The molecule has 0 amide bonds. The zero-order valence-electron chi connectivity index (χ0n) is 9.89. The first-order valence-electron chi connectivity index (χ1n) is 6.32. The van der Waals surface area contributed by atoms with E-state index in [1.807, 2.05) is 0 Å². The van der Waals surface area contributed by atoms with Crippen molar-refractivity contribution in [1.82, 2.24) is 10.2 Å². The van der Waals surface area contributed by atoms with Gasteiger partial charge in [0.25, 0.3) is 0 Å². The summed E-state index contributed by atoms with van der Waals surface area (Å²) in [6.07, 6.45) is 6.74. The third-order valence-electron chi connectivity index (χ3n) is 2.97. The van der Waals surface area contributed by atoms with Gasteiger partial charge in [0.2, 0.25) is 0 Å². The van der Waals surface area contributed by atoms with E-state index in [1.54, 1.807) is 0 Å². The fourth-order valence-corrected chi connectivity index (χ4v) is 2.32. The Bertz CT molecular complexity index is 124. The normalized spacial score (nSPS) is 22.9. The molecule has 2 nitrogen and oxygen atoms in total. The smallest absolute Gasteiger partial charge is 0.0195 e. The summed E-state index contributed by atoms with van der Waals surface area (Å²) in [5.74, 6) is 0. The Kier molecular flexibility index (Phi) is 6.20. The Hall–Kier alpha value is -0.0800. The molecular formula is C12H26N2. The Morgan fingerprint density at radius 3 is 2.36 bits per heavy atom. The highest BCUT2D eigenvalue weighted by Gasteiger charge is 2.15. The molecule has 0 aromatic rings. The van der Waals surface area contributed by atoms with Crippen LogP contribution >= 0.6 is 0 Å². The van der Waals surface area contributed by atoms with Gasteiger partial charge in [0.1, 0.15) is 0 Å². The maximum absolute atomic E-state index is 3.62. The first-order valence-corrected chi connectivity index (χ1v) is 6.32. The summed E-state index contributed by atoms with van der Waals surface area (Å²) in [5, 5.41) is 3.62. The van der Waals surface area contributed by atoms with E-state index in [2.05, 4.69) is 24.1 Å². The van der Waals surface area contributed by atoms with E-state index in [4.69, 9.17) is 0 Å². The van der Waals surface area contributed by atoms with Crippen LogP contribution in [0.2, 0.25) is 0 Å². The molecule has 1 heterocycles. The summed E-state index contributed by atoms with van der Waals surface area (Å²) in [5.41, 5.74) is 0. The molecule has 0 spiro atoms. The Balaban J connectivity index is 2.21. The Labute approximate surface area is 89.1 Å². The average Bonchev–Trinajstić information content (AvgIpc) is 2.20. The zero-order valence-corrected chi connectivity index (χ0v) is 9.89. The number of piperidine rings is 1. The molecule has 1 aliphatic rings. The molecule has 0 aliphatic carbocycles. The topological polar surface area (TPSA) is 15.3 Å². The summed E-state index contributed by atoms with van der Waals surface area (Å²) >= 11 is 0. The van der Waals surface area contributed by atoms with Crippen molar-refractivity contribution >= 4 is 0 Å². The first-order chi connectivity index (χ1) is 6.86. The van der Waals surface area contributed by atoms with Gasteiger partial charge in [0.05, 0.1) is 0 Å². The van der Waals surface area contributed by atoms with Crippen molar-refractivity contribution in [3.05, 3.63) is 0 Å². The summed E-state index contributed by atoms with van der Waals surface area (Å²) in [6, 6.07) is 0.766. The summed E-state index contributed by atoms with van der Waals surface area (Å²) in [6.45, 7) is 9.59. The van der Waals surface area contributed by atoms with Crippen molar-refractivity contribution in [2.24, 2.45) is 0 Å². The maximum atomic E-state index is 3.62. The standard InChI is InChI=1S/C12H26N2/c1-3-9-14(10-4-2)11-12-7-5-6-8-13-12/h12-13H,3-11H2,1-2H3/t12-/m1/s1. The molecule has 84 valence electrons. The minimum atomic E-state index is 0.766. The molecule has 1 atom stereocenters. The van der Waals surface area contributed by atoms with E-state index in [9.17, 15) is 0 Å². The molecule has 0 aromatic carbocycles. The van der Waals surface area contributed by atoms with Gasteiger partial charge in [-0.1, -0.05) is 20.3 Å². The number of nitrogens with one attached hydrogen (secondary N) is 1. The molecule has 0 saturated carbocycles. The predicted molar refractivity (Wildman–Crippen MR) is 62.7 cm³/mol. The van der Waals surface area contributed by atoms with E-state index >= 15 is 0 Å². The number of hydrogen-bond acceptors (Lipinski definition) is 2. The van der Waals surface area contributed by atoms with Crippen LogP contribution in [0.25, 0.3) is 0 Å². The van der Waals surface area contributed by atoms with Crippen molar-refractivity contribution in [2.45, 2.75) is 52.0 Å². The Morgan fingerprint density at radius 2 is 1.86 bits per heavy atom. The van der Waals surface area contributed by atoms with Crippen molar-refractivity contribution in [3.8, 4) is 0 Å². The molecular weight excluding hydrogens is 172 g/mol. The quantitative estimate of drug-likeness (QED) is 0.704. The van der Waals surface area contributed by atoms with Crippen LogP contribution in [0.1, 0.15) is 46.0 Å². The van der Waals surface area contributed by atoms with Crippen LogP contribution in [-0.4, -0.2) is 37.1 Å². The molecule has 0 aromatic heterocycles. The molecule has 1 fully saturated rings. The molecule has 1 saturated heterocycles. The van der Waals surface area contributed by atoms with Crippen molar-refractivity contribution in [2.75, 3.05) is 26.2 Å². The van der Waals surface area contributed by atoms with E-state index in [0.717, 1.165) is 6.04 Å². The second-order valence-electron chi connectivity index (χ2n) is 4.45. The van der Waals surface area contributed by atoms with Crippen LogP contribution < -0.4 is 5.32 Å². The number of hydrogen-bond donors (Lipinski definition) is 1. The molecule has 2 heteroatoms. The second kappa shape index (κ2) is 7.24. The van der Waals surface area contributed by atoms with Gasteiger partial charge in [-0.25, -0.2) is 0 Å². The van der Waals surface area contributed by atoms with E-state index in [1.165, 1.54) is 58.3 Å². The molecule has 0 radical (unpaired) electrons. The lowest BCUT2D eigenvalue weighted by Gasteiger charge is -2.30. The van der Waals surface area contributed by atoms with Gasteiger partial charge in [-0.3, -0.25) is 0 Å². The lowest BCUT2D eigenvalue weighted by molar-refractivity contribution is 0.224. The summed E-state index contributed by atoms with van der Waals surface area (Å²) in [4.78, 5) is 2.61. The highest BCUT2D eigenvalue weighted by molar-refractivity contribution is 4.75. The highest BCUT2D eigenvalue weighted by atomic mass is 15.1. The van der Waals surface area contributed by atoms with Crippen molar-refractivity contribution in [1.29, 1.82) is 0 Å². The average molecular weight is 198 g/mol. The zero-order chi connectivity index (χ0) is 10.2. The van der Waals surface area contributed by atoms with Crippen molar-refractivity contribution in [3.63, 3.8) is 0 Å². The second-order valence-corrected chi connectivity index (χ2v) is 4.45. The van der Waals surface area contributed by atoms with Gasteiger partial charge in [-0.2, -0.15) is 0 Å². The summed E-state index contributed by atoms with van der Waals surface area (Å²) < 4.78 is 0. The van der Waals surface area contributed by atoms with Crippen LogP contribution in [0.3, 0.4) is 0 Å². The Morgan fingerprint density at radius 1 is 1.14 bits per heavy atom. The lowest BCUT2D eigenvalue weighted by atomic mass is 10.0. The van der Waals surface area contributed by atoms with Crippen molar-refractivity contribution < 1.29 is 0 Å². The first kappa shape index (κ1) is 12.0. The van der Waals surface area contributed by atoms with Crippen LogP contribution in [0, 0.1) is 0 Å². The molecule has 14 heavy (non-hydrogen) atoms. The van der Waals surface area contributed by atoms with Crippen LogP contribution in [0.4, 0.5) is 0 Å². The van der Waals surface area contributed by atoms with Crippen LogP contribution in [-0.2, 0) is 0 Å².